The molecule has 3 heteroatoms. The third-order valence-corrected chi connectivity index (χ3v) is 2.59. The van der Waals surface area contributed by atoms with Gasteiger partial charge in [-0.15, -0.1) is 0 Å². The molecule has 0 aromatic rings. The second-order valence-electron chi connectivity index (χ2n) is 3.76. The van der Waals surface area contributed by atoms with Crippen LogP contribution in [0.25, 0.3) is 0 Å². The van der Waals surface area contributed by atoms with Crippen molar-refractivity contribution in [1.82, 2.24) is 10.2 Å². The second-order valence-corrected chi connectivity index (χ2v) is 3.76. The lowest BCUT2D eigenvalue weighted by molar-refractivity contribution is 0.179. The summed E-state index contributed by atoms with van der Waals surface area (Å²) in [4.78, 5) is 6.79. The van der Waals surface area contributed by atoms with E-state index in [1.165, 1.54) is 0 Å². The van der Waals surface area contributed by atoms with E-state index < -0.39 is 0 Å². The van der Waals surface area contributed by atoms with Gasteiger partial charge in [-0.2, -0.15) is 0 Å². The van der Waals surface area contributed by atoms with E-state index in [2.05, 4.69) is 28.7 Å². The van der Waals surface area contributed by atoms with Crippen LogP contribution >= 0.6 is 0 Å². The molecule has 1 aliphatic rings. The molecule has 1 atom stereocenters. The van der Waals surface area contributed by atoms with Crippen molar-refractivity contribution in [3.63, 3.8) is 0 Å². The molecular formula is C12H21N3. The highest BCUT2D eigenvalue weighted by molar-refractivity contribution is 5.71. The summed E-state index contributed by atoms with van der Waals surface area (Å²) in [5.74, 6) is 0. The lowest BCUT2D eigenvalue weighted by Gasteiger charge is -2.33. The zero-order valence-corrected chi connectivity index (χ0v) is 9.52. The van der Waals surface area contributed by atoms with Gasteiger partial charge in [0, 0.05) is 38.4 Å². The van der Waals surface area contributed by atoms with E-state index in [-0.39, 0.29) is 0 Å². The molecule has 1 rings (SSSR count). The number of nitrogens with one attached hydrogen (secondary N) is 1. The summed E-state index contributed by atoms with van der Waals surface area (Å²) in [7, 11) is 0. The second kappa shape index (κ2) is 7.37. The van der Waals surface area contributed by atoms with Gasteiger partial charge in [0.05, 0.1) is 6.54 Å². The van der Waals surface area contributed by atoms with Gasteiger partial charge in [0.15, 0.2) is 0 Å². The van der Waals surface area contributed by atoms with Gasteiger partial charge in [0.25, 0.3) is 0 Å². The molecule has 1 saturated heterocycles. The van der Waals surface area contributed by atoms with Crippen molar-refractivity contribution < 1.29 is 0 Å². The largest absolute Gasteiger partial charge is 0.314 e. The topological polar surface area (TPSA) is 27.6 Å². The van der Waals surface area contributed by atoms with Crippen LogP contribution in [0.5, 0.6) is 0 Å². The molecule has 0 spiro atoms. The van der Waals surface area contributed by atoms with Crippen LogP contribution in [0.1, 0.15) is 6.92 Å². The molecule has 0 aliphatic carbocycles. The van der Waals surface area contributed by atoms with Gasteiger partial charge < -0.3 is 5.32 Å². The molecule has 1 heterocycles. The predicted molar refractivity (Wildman–Crippen MR) is 66.6 cm³/mol. The Morgan fingerprint density at radius 2 is 2.40 bits per heavy atom. The molecular weight excluding hydrogens is 186 g/mol. The highest BCUT2D eigenvalue weighted by Gasteiger charge is 2.16. The van der Waals surface area contributed by atoms with E-state index in [1.807, 2.05) is 18.4 Å². The van der Waals surface area contributed by atoms with Crippen LogP contribution in [0.4, 0.5) is 0 Å². The van der Waals surface area contributed by atoms with Crippen molar-refractivity contribution in [1.29, 1.82) is 0 Å². The molecule has 15 heavy (non-hydrogen) atoms. The molecule has 0 amide bonds. The van der Waals surface area contributed by atoms with Crippen molar-refractivity contribution in [2.45, 2.75) is 13.0 Å². The van der Waals surface area contributed by atoms with Crippen molar-refractivity contribution in [2.24, 2.45) is 4.99 Å². The Balaban J connectivity index is 2.15. The average molecular weight is 207 g/mol. The Hall–Kier alpha value is -0.930. The van der Waals surface area contributed by atoms with Gasteiger partial charge in [0.2, 0.25) is 0 Å². The van der Waals surface area contributed by atoms with Crippen molar-refractivity contribution >= 4 is 6.21 Å². The average Bonchev–Trinajstić information content (AvgIpc) is 2.25. The maximum Gasteiger partial charge on any atom is 0.0516 e. The molecule has 0 saturated carbocycles. The van der Waals surface area contributed by atoms with Gasteiger partial charge in [0.1, 0.15) is 0 Å². The van der Waals surface area contributed by atoms with Crippen LogP contribution in [-0.4, -0.2) is 49.9 Å². The molecule has 0 radical (unpaired) electrons. The molecule has 1 N–H and O–H groups in total. The molecule has 1 aliphatic heterocycles. The summed E-state index contributed by atoms with van der Waals surface area (Å²) >= 11 is 0. The summed E-state index contributed by atoms with van der Waals surface area (Å²) in [6, 6.07) is 0.637. The molecule has 0 aromatic carbocycles. The zero-order chi connectivity index (χ0) is 10.9. The Kier molecular flexibility index (Phi) is 5.97. The maximum atomic E-state index is 4.32. The third-order valence-electron chi connectivity index (χ3n) is 2.59. The van der Waals surface area contributed by atoms with Gasteiger partial charge in [-0.1, -0.05) is 18.7 Å². The van der Waals surface area contributed by atoms with E-state index in [4.69, 9.17) is 0 Å². The lowest BCUT2D eigenvalue weighted by atomic mass is 10.2. The Labute approximate surface area is 92.6 Å². The third kappa shape index (κ3) is 4.91. The molecule has 3 nitrogen and oxygen atoms in total. The Morgan fingerprint density at radius 3 is 3.13 bits per heavy atom. The zero-order valence-electron chi connectivity index (χ0n) is 9.52. The van der Waals surface area contributed by atoms with E-state index in [9.17, 15) is 0 Å². The first-order valence-electron chi connectivity index (χ1n) is 5.57. The minimum absolute atomic E-state index is 0.637. The van der Waals surface area contributed by atoms with Crippen LogP contribution in [0.3, 0.4) is 0 Å². The number of nitrogens with zero attached hydrogens (tertiary/aromatic N) is 2. The van der Waals surface area contributed by atoms with Gasteiger partial charge >= 0.3 is 0 Å². The molecule has 0 bridgehead atoms. The van der Waals surface area contributed by atoms with Gasteiger partial charge in [-0.25, -0.2) is 0 Å². The fourth-order valence-corrected chi connectivity index (χ4v) is 1.67. The number of piperazine rings is 1. The smallest absolute Gasteiger partial charge is 0.0516 e. The normalized spacial score (nSPS) is 23.9. The fourth-order valence-electron chi connectivity index (χ4n) is 1.67. The summed E-state index contributed by atoms with van der Waals surface area (Å²) in [6.07, 6.45) is 7.39. The van der Waals surface area contributed by atoms with Crippen LogP contribution in [-0.2, 0) is 0 Å². The SMILES string of the molecule is C=C/C=C\C=NCCN1CCNCC1C. The summed E-state index contributed by atoms with van der Waals surface area (Å²) in [5, 5.41) is 3.38. The standard InChI is InChI=1S/C12H21N3/c1-3-4-5-6-13-7-9-15-10-8-14-11-12(15)2/h3-6,12,14H,1,7-11H2,2H3/b5-4-,13-6?. The number of allylic oxidation sites excluding steroid dienone is 3. The first-order chi connectivity index (χ1) is 7.34. The molecule has 1 fully saturated rings. The first-order valence-corrected chi connectivity index (χ1v) is 5.57. The van der Waals surface area contributed by atoms with Crippen LogP contribution < -0.4 is 5.32 Å². The van der Waals surface area contributed by atoms with Crippen LogP contribution in [0.15, 0.2) is 29.8 Å². The van der Waals surface area contributed by atoms with Crippen molar-refractivity contribution in [3.05, 3.63) is 24.8 Å². The molecule has 0 aromatic heterocycles. The van der Waals surface area contributed by atoms with E-state index in [0.29, 0.717) is 6.04 Å². The Morgan fingerprint density at radius 1 is 1.53 bits per heavy atom. The van der Waals surface area contributed by atoms with Gasteiger partial charge in [-0.3, -0.25) is 9.89 Å². The highest BCUT2D eigenvalue weighted by atomic mass is 15.2. The van der Waals surface area contributed by atoms with E-state index in [1.54, 1.807) is 6.08 Å². The number of hydrogen-bond donors (Lipinski definition) is 1. The van der Waals surface area contributed by atoms with Crippen molar-refractivity contribution in [3.8, 4) is 0 Å². The number of aliphatic imine (C=N–C) groups is 1. The molecule has 1 unspecified atom stereocenters. The number of hydrogen-bond acceptors (Lipinski definition) is 3. The quantitative estimate of drug-likeness (QED) is 0.540. The summed E-state index contributed by atoms with van der Waals surface area (Å²) < 4.78 is 0. The van der Waals surface area contributed by atoms with Gasteiger partial charge in [-0.05, 0) is 13.0 Å². The summed E-state index contributed by atoms with van der Waals surface area (Å²) in [5.41, 5.74) is 0. The minimum atomic E-state index is 0.637. The van der Waals surface area contributed by atoms with Crippen LogP contribution in [0.2, 0.25) is 0 Å². The highest BCUT2D eigenvalue weighted by Crippen LogP contribution is 2.00. The number of rotatable bonds is 5. The minimum Gasteiger partial charge on any atom is -0.314 e. The monoisotopic (exact) mass is 207 g/mol. The fraction of sp³-hybridized carbons (Fsp3) is 0.583. The summed E-state index contributed by atoms with van der Waals surface area (Å²) in [6.45, 7) is 11.1. The van der Waals surface area contributed by atoms with E-state index >= 15 is 0 Å². The Bertz CT molecular complexity index is 233. The predicted octanol–water partition coefficient (Wildman–Crippen LogP) is 1.09. The molecule has 84 valence electrons. The first kappa shape index (κ1) is 12.1. The lowest BCUT2D eigenvalue weighted by Crippen LogP contribution is -2.50. The van der Waals surface area contributed by atoms with Crippen LogP contribution in [0, 0.1) is 0 Å². The van der Waals surface area contributed by atoms with E-state index in [0.717, 1.165) is 32.7 Å². The maximum absolute atomic E-state index is 4.32. The van der Waals surface area contributed by atoms with Crippen molar-refractivity contribution in [2.75, 3.05) is 32.7 Å².